The van der Waals surface area contributed by atoms with E-state index in [9.17, 15) is 0 Å². The Kier molecular flexibility index (Phi) is 10.1. The van der Waals surface area contributed by atoms with Crippen LogP contribution < -0.4 is 15.4 Å². The molecule has 1 aromatic carbocycles. The summed E-state index contributed by atoms with van der Waals surface area (Å²) in [6.07, 6.45) is 3.51. The fourth-order valence-electron chi connectivity index (χ4n) is 2.96. The van der Waals surface area contributed by atoms with Crippen LogP contribution in [-0.2, 0) is 16.0 Å². The van der Waals surface area contributed by atoms with Gasteiger partial charge in [-0.1, -0.05) is 26.0 Å². The third-order valence-corrected chi connectivity index (χ3v) is 4.72. The average Bonchev–Trinajstić information content (AvgIpc) is 3.19. The number of hydrogen-bond donors (Lipinski definition) is 2. The summed E-state index contributed by atoms with van der Waals surface area (Å²) >= 11 is 0. The lowest BCUT2D eigenvalue weighted by Crippen LogP contribution is -2.38. The molecule has 1 fully saturated rings. The van der Waals surface area contributed by atoms with Crippen LogP contribution in [0.2, 0.25) is 0 Å². The van der Waals surface area contributed by atoms with E-state index in [1.165, 1.54) is 5.56 Å². The molecule has 0 aliphatic carbocycles. The maximum Gasteiger partial charge on any atom is 0.191 e. The Morgan fingerprint density at radius 3 is 2.86 bits per heavy atom. The van der Waals surface area contributed by atoms with Crippen molar-refractivity contribution in [2.24, 2.45) is 10.9 Å². The van der Waals surface area contributed by atoms with Crippen LogP contribution in [-0.4, -0.2) is 52.1 Å². The molecule has 6 nitrogen and oxygen atoms in total. The van der Waals surface area contributed by atoms with Crippen LogP contribution >= 0.6 is 0 Å². The summed E-state index contributed by atoms with van der Waals surface area (Å²) in [5.41, 5.74) is 2.30. The molecule has 1 aliphatic rings. The van der Waals surface area contributed by atoms with Gasteiger partial charge in [-0.25, -0.2) is 0 Å². The molecule has 1 aliphatic heterocycles. The van der Waals surface area contributed by atoms with Gasteiger partial charge in [0.1, 0.15) is 12.4 Å². The lowest BCUT2D eigenvalue weighted by Gasteiger charge is -2.17. The van der Waals surface area contributed by atoms with Gasteiger partial charge >= 0.3 is 0 Å². The monoisotopic (exact) mass is 391 g/mol. The highest BCUT2D eigenvalue weighted by molar-refractivity contribution is 5.79. The Labute approximate surface area is 170 Å². The molecule has 158 valence electrons. The SMILES string of the molecule is CN=C(NCCOCCC(C)C)NCc1ccc(C)cc1OCC1CCCO1. The molecule has 1 unspecified atom stereocenters. The van der Waals surface area contributed by atoms with E-state index in [-0.39, 0.29) is 6.10 Å². The molecule has 0 saturated carbocycles. The summed E-state index contributed by atoms with van der Waals surface area (Å²) < 4.78 is 17.4. The molecule has 2 rings (SSSR count). The first-order valence-corrected chi connectivity index (χ1v) is 10.4. The third-order valence-electron chi connectivity index (χ3n) is 4.72. The van der Waals surface area contributed by atoms with Gasteiger partial charge in [-0.15, -0.1) is 0 Å². The van der Waals surface area contributed by atoms with E-state index in [0.717, 1.165) is 56.3 Å². The maximum atomic E-state index is 6.07. The minimum Gasteiger partial charge on any atom is -0.491 e. The second-order valence-corrected chi connectivity index (χ2v) is 7.70. The summed E-state index contributed by atoms with van der Waals surface area (Å²) in [4.78, 5) is 4.28. The van der Waals surface area contributed by atoms with Crippen molar-refractivity contribution < 1.29 is 14.2 Å². The summed E-state index contributed by atoms with van der Waals surface area (Å²) in [6.45, 7) is 10.8. The predicted molar refractivity (Wildman–Crippen MR) is 114 cm³/mol. The summed E-state index contributed by atoms with van der Waals surface area (Å²) in [5.74, 6) is 2.35. The first-order valence-electron chi connectivity index (χ1n) is 10.4. The zero-order valence-electron chi connectivity index (χ0n) is 17.9. The molecule has 0 bridgehead atoms. The number of benzene rings is 1. The molecule has 6 heteroatoms. The van der Waals surface area contributed by atoms with E-state index in [4.69, 9.17) is 14.2 Å². The number of hydrogen-bond acceptors (Lipinski definition) is 4. The quantitative estimate of drug-likeness (QED) is 0.344. The third kappa shape index (κ3) is 8.48. The van der Waals surface area contributed by atoms with Crippen LogP contribution in [0.4, 0.5) is 0 Å². The molecule has 0 amide bonds. The first kappa shape index (κ1) is 22.5. The molecule has 1 atom stereocenters. The summed E-state index contributed by atoms with van der Waals surface area (Å²) in [5, 5.41) is 6.64. The smallest absolute Gasteiger partial charge is 0.191 e. The second kappa shape index (κ2) is 12.6. The Morgan fingerprint density at radius 1 is 1.29 bits per heavy atom. The number of nitrogens with one attached hydrogen (secondary N) is 2. The number of ether oxygens (including phenoxy) is 3. The zero-order valence-corrected chi connectivity index (χ0v) is 17.9. The van der Waals surface area contributed by atoms with Crippen molar-refractivity contribution in [3.63, 3.8) is 0 Å². The van der Waals surface area contributed by atoms with E-state index in [1.807, 2.05) is 0 Å². The Bertz CT molecular complexity index is 599. The molecular formula is C22H37N3O3. The number of aliphatic imine (C=N–C) groups is 1. The van der Waals surface area contributed by atoms with Crippen molar-refractivity contribution in [2.45, 2.75) is 52.7 Å². The van der Waals surface area contributed by atoms with Gasteiger partial charge in [-0.3, -0.25) is 4.99 Å². The van der Waals surface area contributed by atoms with Crippen LogP contribution in [0.1, 0.15) is 44.2 Å². The summed E-state index contributed by atoms with van der Waals surface area (Å²) in [7, 11) is 1.78. The van der Waals surface area contributed by atoms with Gasteiger partial charge in [0.25, 0.3) is 0 Å². The van der Waals surface area contributed by atoms with Crippen LogP contribution in [0.25, 0.3) is 0 Å². The van der Waals surface area contributed by atoms with Crippen LogP contribution in [0.5, 0.6) is 5.75 Å². The molecular weight excluding hydrogens is 354 g/mol. The standard InChI is InChI=1S/C22H37N3O3/c1-17(2)9-12-26-13-10-24-22(23-4)25-15-19-8-7-18(3)14-21(19)28-16-20-6-5-11-27-20/h7-8,14,17,20H,5-6,9-13,15-16H2,1-4H3,(H2,23,24,25). The highest BCUT2D eigenvalue weighted by atomic mass is 16.5. The molecule has 0 radical (unpaired) electrons. The normalized spacial score (nSPS) is 17.2. The van der Waals surface area contributed by atoms with Gasteiger partial charge in [-0.05, 0) is 43.7 Å². The molecule has 0 spiro atoms. The van der Waals surface area contributed by atoms with Crippen molar-refractivity contribution in [3.05, 3.63) is 29.3 Å². The van der Waals surface area contributed by atoms with Gasteiger partial charge in [0.05, 0.1) is 12.7 Å². The number of nitrogens with zero attached hydrogens (tertiary/aromatic N) is 1. The summed E-state index contributed by atoms with van der Waals surface area (Å²) in [6, 6.07) is 6.30. The van der Waals surface area contributed by atoms with Crippen molar-refractivity contribution in [2.75, 3.05) is 40.0 Å². The van der Waals surface area contributed by atoms with E-state index in [2.05, 4.69) is 54.6 Å². The number of aryl methyl sites for hydroxylation is 1. The van der Waals surface area contributed by atoms with E-state index in [0.29, 0.717) is 25.7 Å². The first-order chi connectivity index (χ1) is 13.6. The van der Waals surface area contributed by atoms with Gasteiger partial charge < -0.3 is 24.8 Å². The van der Waals surface area contributed by atoms with E-state index in [1.54, 1.807) is 7.05 Å². The van der Waals surface area contributed by atoms with Crippen LogP contribution in [0, 0.1) is 12.8 Å². The number of guanidine groups is 1. The highest BCUT2D eigenvalue weighted by Gasteiger charge is 2.17. The van der Waals surface area contributed by atoms with E-state index < -0.39 is 0 Å². The Morgan fingerprint density at radius 2 is 2.14 bits per heavy atom. The van der Waals surface area contributed by atoms with Crippen molar-refractivity contribution in [1.82, 2.24) is 10.6 Å². The molecule has 1 heterocycles. The Balaban J connectivity index is 1.76. The van der Waals surface area contributed by atoms with Crippen molar-refractivity contribution >= 4 is 5.96 Å². The van der Waals surface area contributed by atoms with Crippen LogP contribution in [0.3, 0.4) is 0 Å². The topological polar surface area (TPSA) is 64.1 Å². The maximum absolute atomic E-state index is 6.07. The fourth-order valence-corrected chi connectivity index (χ4v) is 2.96. The lowest BCUT2D eigenvalue weighted by atomic mass is 10.1. The second-order valence-electron chi connectivity index (χ2n) is 7.70. The van der Waals surface area contributed by atoms with Gasteiger partial charge in [0.15, 0.2) is 5.96 Å². The average molecular weight is 392 g/mol. The number of rotatable bonds is 11. The van der Waals surface area contributed by atoms with Gasteiger partial charge in [0, 0.05) is 38.9 Å². The molecule has 1 aromatic rings. The molecule has 28 heavy (non-hydrogen) atoms. The van der Waals surface area contributed by atoms with E-state index >= 15 is 0 Å². The van der Waals surface area contributed by atoms with Crippen molar-refractivity contribution in [1.29, 1.82) is 0 Å². The predicted octanol–water partition coefficient (Wildman–Crippen LogP) is 3.28. The largest absolute Gasteiger partial charge is 0.491 e. The van der Waals surface area contributed by atoms with Crippen LogP contribution in [0.15, 0.2) is 23.2 Å². The van der Waals surface area contributed by atoms with Gasteiger partial charge in [-0.2, -0.15) is 0 Å². The van der Waals surface area contributed by atoms with Gasteiger partial charge in [0.2, 0.25) is 0 Å². The molecule has 1 saturated heterocycles. The lowest BCUT2D eigenvalue weighted by molar-refractivity contribution is 0.0676. The minimum atomic E-state index is 0.214. The van der Waals surface area contributed by atoms with Crippen molar-refractivity contribution in [3.8, 4) is 5.75 Å². The zero-order chi connectivity index (χ0) is 20.2. The highest BCUT2D eigenvalue weighted by Crippen LogP contribution is 2.22. The molecule has 2 N–H and O–H groups in total. The fraction of sp³-hybridized carbons (Fsp3) is 0.682. The minimum absolute atomic E-state index is 0.214. The molecule has 0 aromatic heterocycles. The Hall–Kier alpha value is -1.79.